The Morgan fingerprint density at radius 1 is 1.44 bits per heavy atom. The number of carbonyl (C=O) groups excluding carboxylic acids is 1. The lowest BCUT2D eigenvalue weighted by atomic mass is 10.0. The largest absolute Gasteiger partial charge is 0.396 e. The number of aliphatic hydroxyl groups is 1. The first-order valence-electron chi connectivity index (χ1n) is 6.22. The van der Waals surface area contributed by atoms with Gasteiger partial charge in [-0.25, -0.2) is 0 Å². The van der Waals surface area contributed by atoms with Gasteiger partial charge in [-0.05, 0) is 37.5 Å². The monoisotopic (exact) mass is 249 g/mol. The standard InChI is InChI=1S/C14H19NO3/c1-10-4-3-5-13(11(10)2)15-12(6-7-16)8-18-9-14(15)17/h3-5,12,16H,6-9H2,1-2H3. The predicted molar refractivity (Wildman–Crippen MR) is 69.7 cm³/mol. The molecule has 0 aromatic heterocycles. The number of ether oxygens (including phenoxy) is 1. The van der Waals surface area contributed by atoms with Crippen molar-refractivity contribution < 1.29 is 14.6 Å². The van der Waals surface area contributed by atoms with Gasteiger partial charge in [-0.15, -0.1) is 0 Å². The molecular weight excluding hydrogens is 230 g/mol. The van der Waals surface area contributed by atoms with Crippen molar-refractivity contribution in [2.24, 2.45) is 0 Å². The van der Waals surface area contributed by atoms with Gasteiger partial charge in [0.2, 0.25) is 0 Å². The fraction of sp³-hybridized carbons (Fsp3) is 0.500. The minimum atomic E-state index is -0.0725. The molecule has 1 heterocycles. The van der Waals surface area contributed by atoms with Gasteiger partial charge >= 0.3 is 0 Å². The Hall–Kier alpha value is -1.39. The molecule has 0 saturated carbocycles. The van der Waals surface area contributed by atoms with Gasteiger partial charge in [0, 0.05) is 12.3 Å². The summed E-state index contributed by atoms with van der Waals surface area (Å²) in [5, 5.41) is 9.10. The van der Waals surface area contributed by atoms with Gasteiger partial charge in [-0.3, -0.25) is 4.79 Å². The second kappa shape index (κ2) is 5.50. The maximum absolute atomic E-state index is 12.1. The van der Waals surface area contributed by atoms with Crippen LogP contribution < -0.4 is 4.90 Å². The number of morpholine rings is 1. The van der Waals surface area contributed by atoms with Crippen molar-refractivity contribution in [1.82, 2.24) is 0 Å². The van der Waals surface area contributed by atoms with Crippen LogP contribution in [-0.2, 0) is 9.53 Å². The van der Waals surface area contributed by atoms with Crippen LogP contribution in [0.1, 0.15) is 17.5 Å². The van der Waals surface area contributed by atoms with Crippen LogP contribution in [0.4, 0.5) is 5.69 Å². The lowest BCUT2D eigenvalue weighted by Crippen LogP contribution is -2.50. The Labute approximate surface area is 107 Å². The summed E-state index contributed by atoms with van der Waals surface area (Å²) < 4.78 is 5.27. The van der Waals surface area contributed by atoms with E-state index >= 15 is 0 Å². The summed E-state index contributed by atoms with van der Waals surface area (Å²) in [5.74, 6) is -0.0339. The number of carbonyl (C=O) groups is 1. The third-order valence-corrected chi connectivity index (χ3v) is 3.47. The molecule has 1 fully saturated rings. The highest BCUT2D eigenvalue weighted by Crippen LogP contribution is 2.27. The Bertz CT molecular complexity index is 443. The number of nitrogens with zero attached hydrogens (tertiary/aromatic N) is 1. The van der Waals surface area contributed by atoms with Crippen molar-refractivity contribution in [2.45, 2.75) is 26.3 Å². The number of amides is 1. The predicted octanol–water partition coefficient (Wildman–Crippen LogP) is 1.42. The molecule has 98 valence electrons. The molecule has 0 aliphatic carbocycles. The van der Waals surface area contributed by atoms with Crippen LogP contribution in [0.15, 0.2) is 18.2 Å². The van der Waals surface area contributed by atoms with Gasteiger partial charge < -0.3 is 14.7 Å². The molecule has 18 heavy (non-hydrogen) atoms. The summed E-state index contributed by atoms with van der Waals surface area (Å²) in [6, 6.07) is 5.87. The van der Waals surface area contributed by atoms with Crippen molar-refractivity contribution in [3.8, 4) is 0 Å². The summed E-state index contributed by atoms with van der Waals surface area (Å²) in [4.78, 5) is 13.8. The van der Waals surface area contributed by atoms with Crippen LogP contribution in [0.25, 0.3) is 0 Å². The van der Waals surface area contributed by atoms with E-state index in [1.54, 1.807) is 4.90 Å². The normalized spacial score (nSPS) is 20.3. The Morgan fingerprint density at radius 3 is 2.94 bits per heavy atom. The molecule has 0 bridgehead atoms. The van der Waals surface area contributed by atoms with Gasteiger partial charge in [0.1, 0.15) is 6.61 Å². The minimum absolute atomic E-state index is 0.0339. The number of rotatable bonds is 3. The number of anilines is 1. The van der Waals surface area contributed by atoms with Gasteiger partial charge in [-0.1, -0.05) is 12.1 Å². The highest BCUT2D eigenvalue weighted by molar-refractivity contribution is 5.96. The lowest BCUT2D eigenvalue weighted by Gasteiger charge is -2.36. The van der Waals surface area contributed by atoms with E-state index < -0.39 is 0 Å². The van der Waals surface area contributed by atoms with Crippen molar-refractivity contribution in [1.29, 1.82) is 0 Å². The van der Waals surface area contributed by atoms with Crippen molar-refractivity contribution in [2.75, 3.05) is 24.7 Å². The average Bonchev–Trinajstić information content (AvgIpc) is 2.34. The second-order valence-electron chi connectivity index (χ2n) is 4.66. The molecule has 1 aliphatic heterocycles. The fourth-order valence-corrected chi connectivity index (χ4v) is 2.32. The Balaban J connectivity index is 2.37. The van der Waals surface area contributed by atoms with Gasteiger partial charge in [0.15, 0.2) is 0 Å². The van der Waals surface area contributed by atoms with E-state index in [1.165, 1.54) is 0 Å². The van der Waals surface area contributed by atoms with Gasteiger partial charge in [0.25, 0.3) is 5.91 Å². The number of aliphatic hydroxyl groups excluding tert-OH is 1. The molecule has 1 saturated heterocycles. The summed E-state index contributed by atoms with van der Waals surface area (Å²) >= 11 is 0. The first kappa shape index (κ1) is 13.1. The van der Waals surface area contributed by atoms with Crippen LogP contribution in [0, 0.1) is 13.8 Å². The molecular formula is C14H19NO3. The zero-order valence-corrected chi connectivity index (χ0v) is 10.8. The quantitative estimate of drug-likeness (QED) is 0.881. The second-order valence-corrected chi connectivity index (χ2v) is 4.66. The molecule has 1 amide bonds. The molecule has 0 radical (unpaired) electrons. The van der Waals surface area contributed by atoms with Crippen molar-refractivity contribution in [3.63, 3.8) is 0 Å². The van der Waals surface area contributed by atoms with E-state index in [0.29, 0.717) is 13.0 Å². The Morgan fingerprint density at radius 2 is 2.22 bits per heavy atom. The van der Waals surface area contributed by atoms with Crippen molar-refractivity contribution >= 4 is 11.6 Å². The number of aryl methyl sites for hydroxylation is 1. The zero-order valence-electron chi connectivity index (χ0n) is 10.8. The van der Waals surface area contributed by atoms with E-state index in [4.69, 9.17) is 9.84 Å². The van der Waals surface area contributed by atoms with Crippen LogP contribution in [0.2, 0.25) is 0 Å². The SMILES string of the molecule is Cc1cccc(N2C(=O)COCC2CCO)c1C. The van der Waals surface area contributed by atoms with E-state index in [2.05, 4.69) is 0 Å². The third-order valence-electron chi connectivity index (χ3n) is 3.47. The zero-order chi connectivity index (χ0) is 13.1. The van der Waals surface area contributed by atoms with Crippen molar-refractivity contribution in [3.05, 3.63) is 29.3 Å². The molecule has 1 atom stereocenters. The summed E-state index contributed by atoms with van der Waals surface area (Å²) in [5.41, 5.74) is 3.20. The minimum Gasteiger partial charge on any atom is -0.396 e. The maximum atomic E-state index is 12.1. The van der Waals surface area contributed by atoms with E-state index in [-0.39, 0.29) is 25.2 Å². The summed E-state index contributed by atoms with van der Waals surface area (Å²) in [7, 11) is 0. The molecule has 0 spiro atoms. The van der Waals surface area contributed by atoms with E-state index in [0.717, 1.165) is 16.8 Å². The molecule has 1 aliphatic rings. The number of hydrogen-bond acceptors (Lipinski definition) is 3. The number of benzene rings is 1. The first-order chi connectivity index (χ1) is 8.65. The molecule has 1 aromatic carbocycles. The Kier molecular flexibility index (Phi) is 3.99. The number of hydrogen-bond donors (Lipinski definition) is 1. The van der Waals surface area contributed by atoms with E-state index in [1.807, 2.05) is 32.0 Å². The van der Waals surface area contributed by atoms with Crippen LogP contribution in [0.5, 0.6) is 0 Å². The summed E-state index contributed by atoms with van der Waals surface area (Å²) in [6.07, 6.45) is 0.541. The highest BCUT2D eigenvalue weighted by Gasteiger charge is 2.30. The molecule has 1 unspecified atom stereocenters. The van der Waals surface area contributed by atoms with Crippen LogP contribution >= 0.6 is 0 Å². The molecule has 4 heteroatoms. The van der Waals surface area contributed by atoms with Crippen LogP contribution in [-0.4, -0.2) is 36.9 Å². The molecule has 1 aromatic rings. The fourth-order valence-electron chi connectivity index (χ4n) is 2.32. The van der Waals surface area contributed by atoms with Gasteiger partial charge in [0.05, 0.1) is 12.6 Å². The third kappa shape index (κ3) is 2.40. The molecule has 4 nitrogen and oxygen atoms in total. The topological polar surface area (TPSA) is 49.8 Å². The smallest absolute Gasteiger partial charge is 0.253 e. The lowest BCUT2D eigenvalue weighted by molar-refractivity contribution is -0.127. The molecule has 2 rings (SSSR count). The highest BCUT2D eigenvalue weighted by atomic mass is 16.5. The summed E-state index contributed by atoms with van der Waals surface area (Å²) in [6.45, 7) is 4.71. The van der Waals surface area contributed by atoms with E-state index in [9.17, 15) is 4.79 Å². The first-order valence-corrected chi connectivity index (χ1v) is 6.22. The average molecular weight is 249 g/mol. The maximum Gasteiger partial charge on any atom is 0.253 e. The molecule has 1 N–H and O–H groups in total. The van der Waals surface area contributed by atoms with Gasteiger partial charge in [-0.2, -0.15) is 0 Å². The van der Waals surface area contributed by atoms with Crippen LogP contribution in [0.3, 0.4) is 0 Å².